The number of fused-ring (bicyclic) bond motifs is 1. The maximum absolute atomic E-state index is 13.1. The molecule has 0 fully saturated rings. The van der Waals surface area contributed by atoms with Gasteiger partial charge in [0.15, 0.2) is 0 Å². The zero-order valence-corrected chi connectivity index (χ0v) is 7.45. The zero-order valence-electron chi connectivity index (χ0n) is 6.64. The summed E-state index contributed by atoms with van der Waals surface area (Å²) in [5, 5.41) is -4.22. The standard InChI is InChI=1S/C8H4F4OS/c9-7(10)5-3-1-2-4-6(5)13-14-8(7,11)12/h1-4H. The highest BCUT2D eigenvalue weighted by Gasteiger charge is 2.63. The van der Waals surface area contributed by atoms with Crippen LogP contribution in [0.15, 0.2) is 24.3 Å². The number of hydrogen-bond acceptors (Lipinski definition) is 2. The Morgan fingerprint density at radius 3 is 2.43 bits per heavy atom. The van der Waals surface area contributed by atoms with Gasteiger partial charge in [0.1, 0.15) is 17.8 Å². The molecule has 0 radical (unpaired) electrons. The lowest BCUT2D eigenvalue weighted by Crippen LogP contribution is -2.38. The van der Waals surface area contributed by atoms with E-state index in [-0.39, 0.29) is 5.75 Å². The first kappa shape index (κ1) is 9.64. The maximum Gasteiger partial charge on any atom is 0.395 e. The predicted octanol–water partition coefficient (Wildman–Crippen LogP) is 3.41. The van der Waals surface area contributed by atoms with E-state index < -0.39 is 28.8 Å². The molecule has 1 aliphatic rings. The number of benzene rings is 1. The van der Waals surface area contributed by atoms with Crippen molar-refractivity contribution in [3.8, 4) is 5.75 Å². The summed E-state index contributed by atoms with van der Waals surface area (Å²) >= 11 is -0.513. The van der Waals surface area contributed by atoms with E-state index in [0.29, 0.717) is 0 Å². The van der Waals surface area contributed by atoms with Crippen LogP contribution in [0.25, 0.3) is 0 Å². The zero-order chi connectivity index (χ0) is 10.4. The Morgan fingerprint density at radius 1 is 1.07 bits per heavy atom. The van der Waals surface area contributed by atoms with Crippen LogP contribution in [0.5, 0.6) is 5.75 Å². The Morgan fingerprint density at radius 2 is 1.71 bits per heavy atom. The van der Waals surface area contributed by atoms with Crippen molar-refractivity contribution in [3.05, 3.63) is 29.8 Å². The molecule has 1 aromatic carbocycles. The molecule has 0 bridgehead atoms. The average Bonchev–Trinajstić information content (AvgIpc) is 2.13. The maximum atomic E-state index is 13.1. The second kappa shape index (κ2) is 2.79. The van der Waals surface area contributed by atoms with Gasteiger partial charge in [0.25, 0.3) is 0 Å². The van der Waals surface area contributed by atoms with Gasteiger partial charge in [0, 0.05) is 0 Å². The Kier molecular flexibility index (Phi) is 1.92. The minimum absolute atomic E-state index is 0.214. The molecule has 1 aliphatic heterocycles. The van der Waals surface area contributed by atoms with Gasteiger partial charge in [-0.1, -0.05) is 12.1 Å². The molecular weight excluding hydrogens is 220 g/mol. The molecule has 0 unspecified atom stereocenters. The van der Waals surface area contributed by atoms with Crippen molar-refractivity contribution in [1.29, 1.82) is 0 Å². The molecule has 1 aromatic rings. The van der Waals surface area contributed by atoms with Gasteiger partial charge in [-0.3, -0.25) is 0 Å². The molecule has 76 valence electrons. The summed E-state index contributed by atoms with van der Waals surface area (Å²) in [4.78, 5) is 0. The number of alkyl halides is 4. The number of halogens is 4. The van der Waals surface area contributed by atoms with E-state index in [4.69, 9.17) is 0 Å². The summed E-state index contributed by atoms with van der Waals surface area (Å²) in [6.07, 6.45) is 0. The van der Waals surface area contributed by atoms with E-state index in [0.717, 1.165) is 6.07 Å². The van der Waals surface area contributed by atoms with Crippen LogP contribution in [0.1, 0.15) is 5.56 Å². The predicted molar refractivity (Wildman–Crippen MR) is 43.5 cm³/mol. The molecule has 0 saturated heterocycles. The van der Waals surface area contributed by atoms with Crippen molar-refractivity contribution in [2.24, 2.45) is 0 Å². The van der Waals surface area contributed by atoms with Crippen LogP contribution >= 0.6 is 12.0 Å². The molecule has 0 N–H and O–H groups in total. The van der Waals surface area contributed by atoms with Gasteiger partial charge in [0.2, 0.25) is 0 Å². The van der Waals surface area contributed by atoms with Gasteiger partial charge < -0.3 is 4.18 Å². The molecule has 0 spiro atoms. The highest BCUT2D eigenvalue weighted by atomic mass is 32.2. The third-order valence-electron chi connectivity index (χ3n) is 1.83. The van der Waals surface area contributed by atoms with Crippen LogP contribution in [-0.4, -0.2) is 5.25 Å². The first-order valence-electron chi connectivity index (χ1n) is 3.66. The molecule has 0 saturated carbocycles. The second-order valence-electron chi connectivity index (χ2n) is 2.75. The van der Waals surface area contributed by atoms with Gasteiger partial charge in [-0.15, -0.1) is 0 Å². The molecule has 0 atom stereocenters. The summed E-state index contributed by atoms with van der Waals surface area (Å²) in [7, 11) is 0. The van der Waals surface area contributed by atoms with E-state index in [1.54, 1.807) is 0 Å². The smallest absolute Gasteiger partial charge is 0.395 e. The summed E-state index contributed by atoms with van der Waals surface area (Å²) in [5.41, 5.74) is -0.774. The second-order valence-corrected chi connectivity index (χ2v) is 3.60. The van der Waals surface area contributed by atoms with Crippen molar-refractivity contribution < 1.29 is 21.7 Å². The molecule has 0 amide bonds. The van der Waals surface area contributed by atoms with Crippen LogP contribution < -0.4 is 4.18 Å². The van der Waals surface area contributed by atoms with Crippen molar-refractivity contribution in [2.75, 3.05) is 0 Å². The molecule has 2 rings (SSSR count). The number of rotatable bonds is 0. The molecule has 6 heteroatoms. The van der Waals surface area contributed by atoms with Gasteiger partial charge >= 0.3 is 11.2 Å². The molecule has 1 nitrogen and oxygen atoms in total. The van der Waals surface area contributed by atoms with E-state index in [1.807, 2.05) is 0 Å². The van der Waals surface area contributed by atoms with Crippen LogP contribution in [0, 0.1) is 0 Å². The highest BCUT2D eigenvalue weighted by Crippen LogP contribution is 2.56. The quantitative estimate of drug-likeness (QED) is 0.493. The summed E-state index contributed by atoms with van der Waals surface area (Å²) in [6, 6.07) is 4.87. The van der Waals surface area contributed by atoms with Gasteiger partial charge in [-0.2, -0.15) is 17.6 Å². The minimum atomic E-state index is -4.22. The third-order valence-corrected chi connectivity index (χ3v) is 2.56. The van der Waals surface area contributed by atoms with E-state index in [1.165, 1.54) is 18.2 Å². The van der Waals surface area contributed by atoms with Crippen LogP contribution in [0.2, 0.25) is 0 Å². The lowest BCUT2D eigenvalue weighted by Gasteiger charge is -2.30. The van der Waals surface area contributed by atoms with Crippen molar-refractivity contribution in [2.45, 2.75) is 11.2 Å². The lowest BCUT2D eigenvalue weighted by molar-refractivity contribution is -0.164. The minimum Gasteiger partial charge on any atom is -0.419 e. The Labute approximate surface area is 81.3 Å². The van der Waals surface area contributed by atoms with E-state index in [9.17, 15) is 17.6 Å². The normalized spacial score (nSPS) is 22.3. The van der Waals surface area contributed by atoms with Crippen LogP contribution in [0.4, 0.5) is 17.6 Å². The monoisotopic (exact) mass is 224 g/mol. The molecule has 14 heavy (non-hydrogen) atoms. The molecule has 0 aromatic heterocycles. The summed E-state index contributed by atoms with van der Waals surface area (Å²) < 4.78 is 56.2. The lowest BCUT2D eigenvalue weighted by atomic mass is 10.1. The van der Waals surface area contributed by atoms with Gasteiger partial charge in [-0.05, 0) is 12.1 Å². The van der Waals surface area contributed by atoms with Crippen LogP contribution in [0.3, 0.4) is 0 Å². The molecular formula is C8H4F4OS. The summed E-state index contributed by atoms with van der Waals surface area (Å²) in [6.45, 7) is 0. The Balaban J connectivity index is 2.57. The van der Waals surface area contributed by atoms with E-state index in [2.05, 4.69) is 4.18 Å². The first-order valence-corrected chi connectivity index (χ1v) is 4.40. The fraction of sp³-hybridized carbons (Fsp3) is 0.250. The van der Waals surface area contributed by atoms with Crippen molar-refractivity contribution >= 4 is 12.0 Å². The first-order chi connectivity index (χ1) is 6.45. The third kappa shape index (κ3) is 1.17. The fourth-order valence-corrected chi connectivity index (χ4v) is 1.66. The SMILES string of the molecule is FC1(F)SOc2ccccc2C1(F)F. The Bertz CT molecular complexity index is 366. The topological polar surface area (TPSA) is 9.23 Å². The van der Waals surface area contributed by atoms with Gasteiger partial charge in [0.05, 0.1) is 5.56 Å². The number of para-hydroxylation sites is 1. The molecule has 1 heterocycles. The van der Waals surface area contributed by atoms with Gasteiger partial charge in [-0.25, -0.2) is 0 Å². The summed E-state index contributed by atoms with van der Waals surface area (Å²) in [5.74, 6) is -4.40. The molecule has 0 aliphatic carbocycles. The van der Waals surface area contributed by atoms with E-state index >= 15 is 0 Å². The fourth-order valence-electron chi connectivity index (χ4n) is 1.11. The van der Waals surface area contributed by atoms with Crippen molar-refractivity contribution in [1.82, 2.24) is 0 Å². The van der Waals surface area contributed by atoms with Crippen molar-refractivity contribution in [3.63, 3.8) is 0 Å². The number of hydrogen-bond donors (Lipinski definition) is 0. The van der Waals surface area contributed by atoms with Crippen LogP contribution in [-0.2, 0) is 5.92 Å². The largest absolute Gasteiger partial charge is 0.419 e. The highest BCUT2D eigenvalue weighted by molar-refractivity contribution is 7.96. The average molecular weight is 224 g/mol. The Hall–Kier alpha value is -0.910.